The molecule has 1 aliphatic heterocycles. The van der Waals surface area contributed by atoms with Crippen LogP contribution in [0.5, 0.6) is 5.75 Å². The number of amides is 2. The fourth-order valence-corrected chi connectivity index (χ4v) is 3.72. The molecule has 0 spiro atoms. The van der Waals surface area contributed by atoms with Gasteiger partial charge in [-0.1, -0.05) is 32.4 Å². The standard InChI is InChI=1S/C25H33N3O3/c1-4-18(2)17-26-25(30)22-7-5-6-8-23(22)28-15-13-20(14-16-28)27-24(29)19-9-11-21(31-3)12-10-19/h5-12,18,20H,4,13-17H2,1-3H3,(H,26,30)(H,27,29)/t18-/m0/s1. The van der Waals surface area contributed by atoms with E-state index in [0.29, 0.717) is 23.6 Å². The van der Waals surface area contributed by atoms with Gasteiger partial charge in [0.2, 0.25) is 0 Å². The van der Waals surface area contributed by atoms with E-state index in [-0.39, 0.29) is 17.9 Å². The van der Waals surface area contributed by atoms with E-state index in [1.807, 2.05) is 24.3 Å². The van der Waals surface area contributed by atoms with Gasteiger partial charge in [0.25, 0.3) is 11.8 Å². The lowest BCUT2D eigenvalue weighted by molar-refractivity contribution is 0.0929. The lowest BCUT2D eigenvalue weighted by Gasteiger charge is -2.35. The van der Waals surface area contributed by atoms with Gasteiger partial charge in [0.1, 0.15) is 5.75 Å². The molecule has 6 nitrogen and oxygen atoms in total. The zero-order chi connectivity index (χ0) is 22.2. The van der Waals surface area contributed by atoms with E-state index in [2.05, 4.69) is 29.4 Å². The third-order valence-electron chi connectivity index (χ3n) is 5.98. The molecule has 0 unspecified atom stereocenters. The minimum atomic E-state index is -0.0640. The minimum absolute atomic E-state index is 0.0224. The van der Waals surface area contributed by atoms with Crippen molar-refractivity contribution in [3.63, 3.8) is 0 Å². The summed E-state index contributed by atoms with van der Waals surface area (Å²) in [6.45, 7) is 6.54. The fraction of sp³-hybridized carbons (Fsp3) is 0.440. The molecule has 0 aromatic heterocycles. The summed E-state index contributed by atoms with van der Waals surface area (Å²) < 4.78 is 5.15. The largest absolute Gasteiger partial charge is 0.497 e. The molecule has 2 N–H and O–H groups in total. The number of hydrogen-bond donors (Lipinski definition) is 2. The van der Waals surface area contributed by atoms with Gasteiger partial charge in [0.15, 0.2) is 0 Å². The van der Waals surface area contributed by atoms with Crippen LogP contribution in [-0.4, -0.2) is 44.6 Å². The summed E-state index contributed by atoms with van der Waals surface area (Å²) in [6, 6.07) is 15.0. The van der Waals surface area contributed by atoms with Crippen molar-refractivity contribution in [2.45, 2.75) is 39.2 Å². The maximum Gasteiger partial charge on any atom is 0.253 e. The molecule has 0 saturated carbocycles. The highest BCUT2D eigenvalue weighted by Gasteiger charge is 2.24. The first kappa shape index (κ1) is 22.7. The molecule has 0 radical (unpaired) electrons. The third-order valence-corrected chi connectivity index (χ3v) is 5.98. The van der Waals surface area contributed by atoms with E-state index in [9.17, 15) is 9.59 Å². The predicted octanol–water partition coefficient (Wildman–Crippen LogP) is 3.87. The molecule has 2 amide bonds. The number of carbonyl (C=O) groups is 2. The van der Waals surface area contributed by atoms with Gasteiger partial charge in [-0.05, 0) is 55.2 Å². The van der Waals surface area contributed by atoms with Gasteiger partial charge in [-0.25, -0.2) is 0 Å². The average Bonchev–Trinajstić information content (AvgIpc) is 2.82. The van der Waals surface area contributed by atoms with Crippen molar-refractivity contribution in [3.05, 3.63) is 59.7 Å². The highest BCUT2D eigenvalue weighted by Crippen LogP contribution is 2.24. The number of para-hydroxylation sites is 1. The molecular weight excluding hydrogens is 390 g/mol. The van der Waals surface area contributed by atoms with Gasteiger partial charge in [-0.3, -0.25) is 9.59 Å². The lowest BCUT2D eigenvalue weighted by atomic mass is 10.0. The van der Waals surface area contributed by atoms with Gasteiger partial charge >= 0.3 is 0 Å². The molecule has 166 valence electrons. The summed E-state index contributed by atoms with van der Waals surface area (Å²) in [5, 5.41) is 6.19. The Morgan fingerprint density at radius 3 is 2.39 bits per heavy atom. The van der Waals surface area contributed by atoms with Gasteiger partial charge in [-0.2, -0.15) is 0 Å². The molecule has 31 heavy (non-hydrogen) atoms. The first-order chi connectivity index (χ1) is 15.0. The Hall–Kier alpha value is -3.02. The van der Waals surface area contributed by atoms with E-state index < -0.39 is 0 Å². The van der Waals surface area contributed by atoms with Crippen molar-refractivity contribution in [2.24, 2.45) is 5.92 Å². The molecule has 1 atom stereocenters. The normalized spacial score (nSPS) is 15.3. The highest BCUT2D eigenvalue weighted by molar-refractivity contribution is 5.99. The van der Waals surface area contributed by atoms with Crippen molar-refractivity contribution in [1.82, 2.24) is 10.6 Å². The monoisotopic (exact) mass is 423 g/mol. The fourth-order valence-electron chi connectivity index (χ4n) is 3.72. The van der Waals surface area contributed by atoms with Crippen LogP contribution in [0.1, 0.15) is 53.8 Å². The Bertz CT molecular complexity index is 874. The third kappa shape index (κ3) is 6.00. The van der Waals surface area contributed by atoms with Crippen LogP contribution < -0.4 is 20.3 Å². The van der Waals surface area contributed by atoms with E-state index in [4.69, 9.17) is 4.74 Å². The quantitative estimate of drug-likeness (QED) is 0.676. The summed E-state index contributed by atoms with van der Waals surface area (Å²) in [7, 11) is 1.61. The molecule has 1 aliphatic rings. The van der Waals surface area contributed by atoms with E-state index in [1.54, 1.807) is 31.4 Å². The Morgan fingerprint density at radius 1 is 1.06 bits per heavy atom. The van der Waals surface area contributed by atoms with Crippen molar-refractivity contribution in [2.75, 3.05) is 31.6 Å². The van der Waals surface area contributed by atoms with Crippen LogP contribution in [0.25, 0.3) is 0 Å². The first-order valence-corrected chi connectivity index (χ1v) is 11.1. The minimum Gasteiger partial charge on any atom is -0.497 e. The van der Waals surface area contributed by atoms with Crippen molar-refractivity contribution >= 4 is 17.5 Å². The van der Waals surface area contributed by atoms with Gasteiger partial charge in [-0.15, -0.1) is 0 Å². The zero-order valence-corrected chi connectivity index (χ0v) is 18.7. The Labute approximate surface area is 185 Å². The average molecular weight is 424 g/mol. The van der Waals surface area contributed by atoms with E-state index in [0.717, 1.165) is 43.8 Å². The highest BCUT2D eigenvalue weighted by atomic mass is 16.5. The van der Waals surface area contributed by atoms with E-state index >= 15 is 0 Å². The van der Waals surface area contributed by atoms with Crippen LogP contribution in [0.15, 0.2) is 48.5 Å². The number of methoxy groups -OCH3 is 1. The van der Waals surface area contributed by atoms with Crippen LogP contribution in [-0.2, 0) is 0 Å². The second kappa shape index (κ2) is 10.8. The second-order valence-electron chi connectivity index (χ2n) is 8.20. The summed E-state index contributed by atoms with van der Waals surface area (Å²) in [5.41, 5.74) is 2.31. The van der Waals surface area contributed by atoms with Crippen LogP contribution in [0.4, 0.5) is 5.69 Å². The molecule has 0 aliphatic carbocycles. The molecule has 2 aromatic carbocycles. The van der Waals surface area contributed by atoms with Crippen LogP contribution in [0, 0.1) is 5.92 Å². The van der Waals surface area contributed by atoms with Crippen LogP contribution in [0.3, 0.4) is 0 Å². The summed E-state index contributed by atoms with van der Waals surface area (Å²) in [5.74, 6) is 1.11. The number of hydrogen-bond acceptors (Lipinski definition) is 4. The Balaban J connectivity index is 1.57. The topological polar surface area (TPSA) is 70.7 Å². The second-order valence-corrected chi connectivity index (χ2v) is 8.20. The predicted molar refractivity (Wildman–Crippen MR) is 124 cm³/mol. The number of benzene rings is 2. The molecule has 3 rings (SSSR count). The molecule has 1 saturated heterocycles. The smallest absolute Gasteiger partial charge is 0.253 e. The Kier molecular flexibility index (Phi) is 7.93. The zero-order valence-electron chi connectivity index (χ0n) is 18.7. The van der Waals surface area contributed by atoms with Crippen molar-refractivity contribution < 1.29 is 14.3 Å². The number of ether oxygens (including phenoxy) is 1. The van der Waals surface area contributed by atoms with Crippen LogP contribution >= 0.6 is 0 Å². The molecule has 6 heteroatoms. The number of nitrogens with one attached hydrogen (secondary N) is 2. The number of rotatable bonds is 8. The lowest BCUT2D eigenvalue weighted by Crippen LogP contribution is -2.45. The maximum atomic E-state index is 12.7. The molecule has 1 fully saturated rings. The molecule has 0 bridgehead atoms. The van der Waals surface area contributed by atoms with Crippen molar-refractivity contribution in [3.8, 4) is 5.75 Å². The van der Waals surface area contributed by atoms with Gasteiger partial charge in [0.05, 0.1) is 12.7 Å². The molecule has 1 heterocycles. The Morgan fingerprint density at radius 2 is 1.74 bits per heavy atom. The first-order valence-electron chi connectivity index (χ1n) is 11.1. The number of anilines is 1. The van der Waals surface area contributed by atoms with E-state index in [1.165, 1.54) is 0 Å². The van der Waals surface area contributed by atoms with Gasteiger partial charge in [0, 0.05) is 36.9 Å². The summed E-state index contributed by atoms with van der Waals surface area (Å²) >= 11 is 0. The molecule has 2 aromatic rings. The summed E-state index contributed by atoms with van der Waals surface area (Å²) in [4.78, 5) is 27.5. The maximum absolute atomic E-state index is 12.7. The van der Waals surface area contributed by atoms with Gasteiger partial charge < -0.3 is 20.3 Å². The summed E-state index contributed by atoms with van der Waals surface area (Å²) in [6.07, 6.45) is 2.72. The number of nitrogens with zero attached hydrogens (tertiary/aromatic N) is 1. The van der Waals surface area contributed by atoms with Crippen LogP contribution in [0.2, 0.25) is 0 Å². The number of carbonyl (C=O) groups excluding carboxylic acids is 2. The molecular formula is C25H33N3O3. The number of piperidine rings is 1. The SMILES string of the molecule is CC[C@H](C)CNC(=O)c1ccccc1N1CCC(NC(=O)c2ccc(OC)cc2)CC1. The van der Waals surface area contributed by atoms with Crippen molar-refractivity contribution in [1.29, 1.82) is 0 Å².